The van der Waals surface area contributed by atoms with Crippen molar-refractivity contribution in [1.29, 1.82) is 0 Å². The summed E-state index contributed by atoms with van der Waals surface area (Å²) in [6.45, 7) is 1.71. The van der Waals surface area contributed by atoms with E-state index in [1.165, 1.54) is 11.1 Å². The molecule has 6 nitrogen and oxygen atoms in total. The van der Waals surface area contributed by atoms with E-state index in [4.69, 9.17) is 0 Å². The Hall–Kier alpha value is -2.09. The van der Waals surface area contributed by atoms with E-state index in [-0.39, 0.29) is 0 Å². The van der Waals surface area contributed by atoms with Gasteiger partial charge in [-0.25, -0.2) is 9.97 Å². The molecule has 1 atom stereocenters. The van der Waals surface area contributed by atoms with Gasteiger partial charge >= 0.3 is 0 Å². The number of aromatic nitrogens is 3. The number of nitrogens with one attached hydrogen (secondary N) is 1. The van der Waals surface area contributed by atoms with Crippen molar-refractivity contribution in [2.24, 2.45) is 5.92 Å². The van der Waals surface area contributed by atoms with E-state index in [0.29, 0.717) is 12.0 Å². The summed E-state index contributed by atoms with van der Waals surface area (Å²) in [7, 11) is 2.11. The second-order valence-electron chi connectivity index (χ2n) is 7.91. The van der Waals surface area contributed by atoms with Crippen LogP contribution in [-0.2, 0) is 24.3 Å². The van der Waals surface area contributed by atoms with E-state index >= 15 is 0 Å². The number of hydrogen-bond donors (Lipinski definition) is 1. The Kier molecular flexibility index (Phi) is 4.74. The molecule has 1 fully saturated rings. The molecule has 0 spiro atoms. The van der Waals surface area contributed by atoms with Gasteiger partial charge in [0.25, 0.3) is 0 Å². The minimum Gasteiger partial charge on any atom is -0.598 e. The van der Waals surface area contributed by atoms with Gasteiger partial charge in [0.1, 0.15) is 23.5 Å². The number of H-pyrrole nitrogens is 1. The highest BCUT2D eigenvalue weighted by Crippen LogP contribution is 2.36. The highest BCUT2D eigenvalue weighted by atomic mass is 32.2. The lowest BCUT2D eigenvalue weighted by atomic mass is 9.81. The zero-order chi connectivity index (χ0) is 19.1. The van der Waals surface area contributed by atoms with Gasteiger partial charge in [-0.3, -0.25) is 0 Å². The molecular formula is C21H25N5OS. The first kappa shape index (κ1) is 18.0. The topological polar surface area (TPSA) is 71.1 Å². The van der Waals surface area contributed by atoms with E-state index in [2.05, 4.69) is 55.5 Å². The van der Waals surface area contributed by atoms with Crippen LogP contribution in [0.2, 0.25) is 0 Å². The van der Waals surface area contributed by atoms with Crippen LogP contribution in [0.25, 0.3) is 11.0 Å². The number of aromatic amines is 1. The van der Waals surface area contributed by atoms with Gasteiger partial charge < -0.3 is 14.4 Å². The summed E-state index contributed by atoms with van der Waals surface area (Å²) in [6.07, 6.45) is 6.66. The molecule has 2 aromatic heterocycles. The molecule has 3 aromatic rings. The molecule has 2 aliphatic rings. The second kappa shape index (κ2) is 7.39. The average Bonchev–Trinajstić information content (AvgIpc) is 3.18. The fourth-order valence-electron chi connectivity index (χ4n) is 4.42. The minimum absolute atomic E-state index is 0.456. The van der Waals surface area contributed by atoms with Crippen molar-refractivity contribution < 1.29 is 4.55 Å². The van der Waals surface area contributed by atoms with Gasteiger partial charge in [-0.05, 0) is 36.5 Å². The Morgan fingerprint density at radius 2 is 2.04 bits per heavy atom. The number of rotatable bonds is 5. The maximum atomic E-state index is 12.9. The fraction of sp³-hybridized carbons (Fsp3) is 0.429. The molecule has 1 aliphatic carbocycles. The Morgan fingerprint density at radius 3 is 2.89 bits per heavy atom. The third-order valence-corrected chi connectivity index (χ3v) is 7.83. The number of hydrogen-bond acceptors (Lipinski definition) is 5. The lowest BCUT2D eigenvalue weighted by molar-refractivity contribution is 0.276. The molecule has 0 bridgehead atoms. The van der Waals surface area contributed by atoms with Crippen molar-refractivity contribution in [3.05, 3.63) is 54.0 Å². The van der Waals surface area contributed by atoms with Crippen molar-refractivity contribution >= 4 is 28.2 Å². The standard InChI is InChI=1S/C21H25N5OS/c1-25(21-19-6-8-22-20(19)23-14-24-21)18-10-15(11-18)13-28(27)26-9-7-16-4-2-3-5-17(16)12-26/h2-6,8,14-15,18H,7,9-13H2,1H3,(H,22,23,24). The predicted octanol–water partition coefficient (Wildman–Crippen LogP) is 2.89. The maximum Gasteiger partial charge on any atom is 0.142 e. The van der Waals surface area contributed by atoms with Crippen LogP contribution in [0.1, 0.15) is 24.0 Å². The van der Waals surface area contributed by atoms with Gasteiger partial charge in [0.15, 0.2) is 0 Å². The summed E-state index contributed by atoms with van der Waals surface area (Å²) in [5.74, 6) is 2.27. The van der Waals surface area contributed by atoms with Crippen LogP contribution < -0.4 is 4.90 Å². The zero-order valence-electron chi connectivity index (χ0n) is 16.0. The molecule has 0 amide bonds. The van der Waals surface area contributed by atoms with Crippen molar-refractivity contribution in [3.63, 3.8) is 0 Å². The summed E-state index contributed by atoms with van der Waals surface area (Å²) in [5.41, 5.74) is 3.61. The highest BCUT2D eigenvalue weighted by Gasteiger charge is 2.38. The van der Waals surface area contributed by atoms with Gasteiger partial charge in [0, 0.05) is 43.1 Å². The molecular weight excluding hydrogens is 370 g/mol. The van der Waals surface area contributed by atoms with Gasteiger partial charge in [0.2, 0.25) is 0 Å². The van der Waals surface area contributed by atoms with E-state index in [9.17, 15) is 4.55 Å². The quantitative estimate of drug-likeness (QED) is 0.673. The Labute approximate surface area is 168 Å². The van der Waals surface area contributed by atoms with Crippen LogP contribution in [-0.4, -0.2) is 49.2 Å². The van der Waals surface area contributed by atoms with Gasteiger partial charge in [-0.15, -0.1) is 4.31 Å². The lowest BCUT2D eigenvalue weighted by Gasteiger charge is -2.42. The smallest absolute Gasteiger partial charge is 0.142 e. The number of benzene rings is 1. The summed E-state index contributed by atoms with van der Waals surface area (Å²) < 4.78 is 15.0. The van der Waals surface area contributed by atoms with Crippen LogP contribution in [0.3, 0.4) is 0 Å². The molecule has 5 rings (SSSR count). The van der Waals surface area contributed by atoms with E-state index < -0.39 is 11.4 Å². The van der Waals surface area contributed by atoms with Crippen molar-refractivity contribution in [2.45, 2.75) is 31.8 Å². The van der Waals surface area contributed by atoms with Crippen LogP contribution in [0.15, 0.2) is 42.9 Å². The van der Waals surface area contributed by atoms with E-state index in [1.807, 2.05) is 12.3 Å². The number of nitrogens with zero attached hydrogens (tertiary/aromatic N) is 4. The normalized spacial score (nSPS) is 23.2. The number of anilines is 1. The van der Waals surface area contributed by atoms with Gasteiger partial charge in [-0.2, -0.15) is 0 Å². The summed E-state index contributed by atoms with van der Waals surface area (Å²) in [6, 6.07) is 11.0. The molecule has 146 valence electrons. The lowest BCUT2D eigenvalue weighted by Crippen LogP contribution is -2.47. The summed E-state index contributed by atoms with van der Waals surface area (Å²) >= 11 is -0.897. The molecule has 1 saturated carbocycles. The molecule has 1 unspecified atom stereocenters. The van der Waals surface area contributed by atoms with Gasteiger partial charge in [0.05, 0.1) is 11.9 Å². The van der Waals surface area contributed by atoms with Crippen molar-refractivity contribution in [3.8, 4) is 0 Å². The number of fused-ring (bicyclic) bond motifs is 2. The van der Waals surface area contributed by atoms with E-state index in [0.717, 1.165) is 55.0 Å². The van der Waals surface area contributed by atoms with Crippen molar-refractivity contribution in [2.75, 3.05) is 24.2 Å². The summed E-state index contributed by atoms with van der Waals surface area (Å²) in [4.78, 5) is 14.2. The molecule has 0 saturated heterocycles. The molecule has 1 aromatic carbocycles. The SMILES string of the molecule is CN(c1ncnc2[nH]ccc12)C1CC(C[S+]([O-])N2CCc3ccccc3C2)C1. The van der Waals surface area contributed by atoms with Crippen LogP contribution >= 0.6 is 0 Å². The molecule has 3 heterocycles. The fourth-order valence-corrected chi connectivity index (χ4v) is 5.88. The first-order valence-corrected chi connectivity index (χ1v) is 11.2. The minimum atomic E-state index is -0.897. The first-order chi connectivity index (χ1) is 13.7. The first-order valence-electron chi connectivity index (χ1n) is 9.90. The van der Waals surface area contributed by atoms with Crippen LogP contribution in [0, 0.1) is 5.92 Å². The Morgan fingerprint density at radius 1 is 1.21 bits per heavy atom. The molecule has 28 heavy (non-hydrogen) atoms. The summed E-state index contributed by atoms with van der Waals surface area (Å²) in [5, 5.41) is 1.06. The molecule has 7 heteroatoms. The van der Waals surface area contributed by atoms with Crippen LogP contribution in [0.5, 0.6) is 0 Å². The van der Waals surface area contributed by atoms with Crippen LogP contribution in [0.4, 0.5) is 5.82 Å². The second-order valence-corrected chi connectivity index (χ2v) is 9.40. The Bertz CT molecular complexity index is 970. The zero-order valence-corrected chi connectivity index (χ0v) is 16.9. The molecule has 1 N–H and O–H groups in total. The van der Waals surface area contributed by atoms with Crippen molar-refractivity contribution in [1.82, 2.24) is 19.3 Å². The average molecular weight is 396 g/mol. The Balaban J connectivity index is 1.17. The molecule has 1 aliphatic heterocycles. The largest absolute Gasteiger partial charge is 0.598 e. The third-order valence-electron chi connectivity index (χ3n) is 6.19. The monoisotopic (exact) mass is 395 g/mol. The highest BCUT2D eigenvalue weighted by molar-refractivity contribution is 7.89. The predicted molar refractivity (Wildman–Crippen MR) is 112 cm³/mol. The van der Waals surface area contributed by atoms with E-state index in [1.54, 1.807) is 6.33 Å². The maximum absolute atomic E-state index is 12.9. The third kappa shape index (κ3) is 3.27. The van der Waals surface area contributed by atoms with Gasteiger partial charge in [-0.1, -0.05) is 24.3 Å². The molecule has 0 radical (unpaired) electrons.